The molecule has 0 saturated heterocycles. The number of nitrogens with one attached hydrogen (secondary N) is 2. The Labute approximate surface area is 233 Å². The minimum atomic E-state index is -1.67. The van der Waals surface area contributed by atoms with Crippen LogP contribution in [0.25, 0.3) is 16.9 Å². The van der Waals surface area contributed by atoms with Crippen molar-refractivity contribution in [2.45, 2.75) is 32.0 Å². The number of halogens is 1. The highest BCUT2D eigenvalue weighted by atomic mass is 32.1. The van der Waals surface area contributed by atoms with E-state index in [-0.39, 0.29) is 12.1 Å². The number of rotatable bonds is 9. The molecule has 202 valence electrons. The van der Waals surface area contributed by atoms with Gasteiger partial charge < -0.3 is 15.7 Å². The zero-order valence-electron chi connectivity index (χ0n) is 21.7. The van der Waals surface area contributed by atoms with Crippen LogP contribution in [0.3, 0.4) is 0 Å². The van der Waals surface area contributed by atoms with Crippen LogP contribution in [0.15, 0.2) is 67.0 Å². The van der Waals surface area contributed by atoms with Crippen LogP contribution in [0.5, 0.6) is 0 Å². The van der Waals surface area contributed by atoms with Crippen LogP contribution in [0.4, 0.5) is 15.2 Å². The average molecular weight is 557 g/mol. The predicted octanol–water partition coefficient (Wildman–Crippen LogP) is 4.29. The fraction of sp³-hybridized carbons (Fsp3) is 0.214. The highest BCUT2D eigenvalue weighted by Crippen LogP contribution is 2.28. The van der Waals surface area contributed by atoms with Gasteiger partial charge in [0.15, 0.2) is 0 Å². The van der Waals surface area contributed by atoms with Gasteiger partial charge in [0.2, 0.25) is 5.13 Å². The van der Waals surface area contributed by atoms with Gasteiger partial charge in [0.25, 0.3) is 5.91 Å². The van der Waals surface area contributed by atoms with Crippen molar-refractivity contribution in [3.05, 3.63) is 89.5 Å². The Bertz CT molecular complexity index is 1710. The van der Waals surface area contributed by atoms with Gasteiger partial charge in [-0.2, -0.15) is 14.7 Å². The molecular weight excluding hydrogens is 531 g/mol. The van der Waals surface area contributed by atoms with Gasteiger partial charge in [-0.25, -0.2) is 13.9 Å². The second-order valence-corrected chi connectivity index (χ2v) is 10.4. The van der Waals surface area contributed by atoms with Gasteiger partial charge in [-0.1, -0.05) is 30.3 Å². The molecule has 0 aliphatic heterocycles. The number of aromatic nitrogens is 5. The molecule has 0 aliphatic rings. The molecule has 0 spiro atoms. The van der Waals surface area contributed by atoms with Gasteiger partial charge in [0.1, 0.15) is 18.1 Å². The number of carbonyl (C=O) groups excluding carboxylic acids is 1. The van der Waals surface area contributed by atoms with E-state index in [1.165, 1.54) is 26.2 Å². The van der Waals surface area contributed by atoms with Crippen molar-refractivity contribution in [1.82, 2.24) is 29.3 Å². The van der Waals surface area contributed by atoms with Crippen molar-refractivity contribution in [2.75, 3.05) is 11.9 Å². The molecule has 1 atom stereocenters. The Balaban J connectivity index is 1.46. The SMILES string of the molecule is CC(C)(O)[C@H](F)CNC(=O)c1cnc(-c2ccc3cc(C#N)cnn23)cc1Nc1nc(Cc2ccccc2)ns1. The van der Waals surface area contributed by atoms with E-state index >= 15 is 0 Å². The molecule has 0 saturated carbocycles. The number of aliphatic hydroxyl groups is 1. The summed E-state index contributed by atoms with van der Waals surface area (Å²) in [4.78, 5) is 22.1. The Morgan fingerprint density at radius 3 is 2.75 bits per heavy atom. The van der Waals surface area contributed by atoms with Crippen molar-refractivity contribution in [3.63, 3.8) is 0 Å². The molecule has 1 amide bonds. The molecular formula is C28H25FN8O2S. The molecule has 4 heterocycles. The van der Waals surface area contributed by atoms with E-state index in [1.807, 2.05) is 42.5 Å². The van der Waals surface area contributed by atoms with Crippen molar-refractivity contribution in [3.8, 4) is 17.5 Å². The smallest absolute Gasteiger partial charge is 0.255 e. The number of carbonyl (C=O) groups is 1. The molecule has 4 aromatic heterocycles. The molecule has 0 bridgehead atoms. The van der Waals surface area contributed by atoms with Gasteiger partial charge in [0, 0.05) is 24.2 Å². The molecule has 0 aliphatic carbocycles. The largest absolute Gasteiger partial charge is 0.387 e. The van der Waals surface area contributed by atoms with E-state index in [9.17, 15) is 19.6 Å². The molecule has 1 aromatic carbocycles. The zero-order valence-corrected chi connectivity index (χ0v) is 22.5. The van der Waals surface area contributed by atoms with E-state index in [4.69, 9.17) is 0 Å². The Hall–Kier alpha value is -4.73. The van der Waals surface area contributed by atoms with E-state index in [0.717, 1.165) is 17.1 Å². The number of nitrogens with zero attached hydrogens (tertiary/aromatic N) is 6. The summed E-state index contributed by atoms with van der Waals surface area (Å²) >= 11 is 1.15. The maximum atomic E-state index is 14.3. The minimum absolute atomic E-state index is 0.159. The van der Waals surface area contributed by atoms with Crippen LogP contribution >= 0.6 is 11.5 Å². The summed E-state index contributed by atoms with van der Waals surface area (Å²) in [5, 5.41) is 29.6. The maximum Gasteiger partial charge on any atom is 0.255 e. The fourth-order valence-electron chi connectivity index (χ4n) is 3.93. The second kappa shape index (κ2) is 11.2. The second-order valence-electron chi connectivity index (χ2n) is 9.66. The monoisotopic (exact) mass is 556 g/mol. The molecule has 5 aromatic rings. The van der Waals surface area contributed by atoms with Crippen LogP contribution in [0, 0.1) is 11.3 Å². The number of fused-ring (bicyclic) bond motifs is 1. The number of anilines is 2. The summed E-state index contributed by atoms with van der Waals surface area (Å²) in [6.45, 7) is 2.30. The third-order valence-electron chi connectivity index (χ3n) is 6.16. The summed E-state index contributed by atoms with van der Waals surface area (Å²) in [5.41, 5.74) is 2.29. The van der Waals surface area contributed by atoms with Gasteiger partial charge in [0.05, 0.1) is 52.1 Å². The summed E-state index contributed by atoms with van der Waals surface area (Å²) in [5.74, 6) is 0.0544. The van der Waals surface area contributed by atoms with E-state index in [1.54, 1.807) is 16.6 Å². The van der Waals surface area contributed by atoms with Crippen LogP contribution in [-0.2, 0) is 6.42 Å². The molecule has 3 N–H and O–H groups in total. The zero-order chi connectivity index (χ0) is 28.3. The molecule has 12 heteroatoms. The van der Waals surface area contributed by atoms with Crippen molar-refractivity contribution >= 4 is 33.8 Å². The Morgan fingerprint density at radius 2 is 2.00 bits per heavy atom. The van der Waals surface area contributed by atoms with E-state index in [2.05, 4.69) is 36.1 Å². The number of pyridine rings is 1. The fourth-order valence-corrected chi connectivity index (χ4v) is 4.53. The van der Waals surface area contributed by atoms with Crippen molar-refractivity contribution < 1.29 is 14.3 Å². The average Bonchev–Trinajstić information content (AvgIpc) is 3.57. The van der Waals surface area contributed by atoms with Crippen LogP contribution in [-0.4, -0.2) is 53.3 Å². The van der Waals surface area contributed by atoms with Gasteiger partial charge in [-0.3, -0.25) is 9.78 Å². The number of amides is 1. The lowest BCUT2D eigenvalue weighted by Gasteiger charge is -2.22. The van der Waals surface area contributed by atoms with Crippen LogP contribution < -0.4 is 10.6 Å². The standard InChI is InChI=1S/C28H25FN8O2S/c1-28(2,39)24(29)16-32-26(38)20-15-31-22(23-9-8-19-10-18(13-30)14-33-37(19)23)12-21(20)34-27-35-25(36-40-27)11-17-6-4-3-5-7-17/h3-10,12,14-15,24,39H,11,16H2,1-2H3,(H,32,38)(H,31,34,35,36)/t24-/m1/s1. The maximum absolute atomic E-state index is 14.3. The lowest BCUT2D eigenvalue weighted by Crippen LogP contribution is -2.42. The quantitative estimate of drug-likeness (QED) is 0.244. The highest BCUT2D eigenvalue weighted by molar-refractivity contribution is 7.09. The lowest BCUT2D eigenvalue weighted by molar-refractivity contribution is -0.00177. The number of alkyl halides is 1. The molecule has 0 fully saturated rings. The van der Waals surface area contributed by atoms with Crippen molar-refractivity contribution in [2.24, 2.45) is 0 Å². The minimum Gasteiger partial charge on any atom is -0.387 e. The third kappa shape index (κ3) is 5.96. The topological polar surface area (TPSA) is 141 Å². The Kier molecular flexibility index (Phi) is 7.50. The molecule has 0 unspecified atom stereocenters. The van der Waals surface area contributed by atoms with E-state index in [0.29, 0.717) is 45.5 Å². The molecule has 5 rings (SSSR count). The van der Waals surface area contributed by atoms with Gasteiger partial charge in [-0.15, -0.1) is 0 Å². The number of nitriles is 1. The summed E-state index contributed by atoms with van der Waals surface area (Å²) in [6, 6.07) is 18.9. The number of benzene rings is 1. The molecule has 10 nitrogen and oxygen atoms in total. The van der Waals surface area contributed by atoms with Gasteiger partial charge in [-0.05, 0) is 43.7 Å². The molecule has 0 radical (unpaired) electrons. The predicted molar refractivity (Wildman–Crippen MR) is 149 cm³/mol. The molecule has 40 heavy (non-hydrogen) atoms. The normalized spacial score (nSPS) is 12.2. The summed E-state index contributed by atoms with van der Waals surface area (Å²) in [6.07, 6.45) is 1.73. The lowest BCUT2D eigenvalue weighted by atomic mass is 10.0. The highest BCUT2D eigenvalue weighted by Gasteiger charge is 2.27. The van der Waals surface area contributed by atoms with Crippen LogP contribution in [0.2, 0.25) is 0 Å². The van der Waals surface area contributed by atoms with E-state index < -0.39 is 17.7 Å². The van der Waals surface area contributed by atoms with Crippen LogP contribution in [0.1, 0.15) is 41.2 Å². The number of hydrogen-bond acceptors (Lipinski definition) is 9. The number of hydrogen-bond donors (Lipinski definition) is 3. The summed E-state index contributed by atoms with van der Waals surface area (Å²) < 4.78 is 20.4. The first-order valence-electron chi connectivity index (χ1n) is 12.4. The first-order chi connectivity index (χ1) is 19.2. The first-order valence-corrected chi connectivity index (χ1v) is 13.1. The first kappa shape index (κ1) is 26.9. The van der Waals surface area contributed by atoms with Gasteiger partial charge >= 0.3 is 0 Å². The van der Waals surface area contributed by atoms with Crippen molar-refractivity contribution in [1.29, 1.82) is 5.26 Å². The Morgan fingerprint density at radius 1 is 1.20 bits per heavy atom. The third-order valence-corrected chi connectivity index (χ3v) is 6.83. The summed E-state index contributed by atoms with van der Waals surface area (Å²) in [7, 11) is 0.